The van der Waals surface area contributed by atoms with Crippen molar-refractivity contribution in [3.63, 3.8) is 0 Å². The minimum atomic E-state index is 0.502. The van der Waals surface area contributed by atoms with E-state index in [-0.39, 0.29) is 0 Å². The minimum Gasteiger partial charge on any atom is -0.381 e. The summed E-state index contributed by atoms with van der Waals surface area (Å²) in [5.41, 5.74) is 1.60. The summed E-state index contributed by atoms with van der Waals surface area (Å²) in [7, 11) is 0. The molecule has 1 aromatic heterocycles. The second-order valence-corrected chi connectivity index (χ2v) is 5.33. The first-order valence-electron chi connectivity index (χ1n) is 4.97. The summed E-state index contributed by atoms with van der Waals surface area (Å²) >= 11 is 3.42. The molecule has 0 bridgehead atoms. The number of hydrogen-bond acceptors (Lipinski definition) is 2. The van der Waals surface area contributed by atoms with Gasteiger partial charge in [-0.2, -0.15) is 0 Å². The van der Waals surface area contributed by atoms with E-state index in [9.17, 15) is 0 Å². The standard InChI is InChI=1S/C11H15BrN2/c1-8(11(2)3-4-11)14-10-5-9(12)6-13-7-10/h5-8,14H,3-4H2,1-2H3. The van der Waals surface area contributed by atoms with Crippen molar-refractivity contribution in [3.8, 4) is 0 Å². The molecule has 1 atom stereocenters. The normalized spacial score (nSPS) is 20.2. The Balaban J connectivity index is 2.03. The van der Waals surface area contributed by atoms with E-state index in [1.165, 1.54) is 12.8 Å². The first-order chi connectivity index (χ1) is 6.60. The minimum absolute atomic E-state index is 0.502. The fraction of sp³-hybridized carbons (Fsp3) is 0.545. The third kappa shape index (κ3) is 2.08. The molecule has 2 nitrogen and oxygen atoms in total. The molecule has 1 fully saturated rings. The van der Waals surface area contributed by atoms with Crippen LogP contribution in [0, 0.1) is 5.41 Å². The van der Waals surface area contributed by atoms with Crippen LogP contribution in [0.1, 0.15) is 26.7 Å². The number of nitrogens with zero attached hydrogens (tertiary/aromatic N) is 1. The maximum Gasteiger partial charge on any atom is 0.0540 e. The van der Waals surface area contributed by atoms with Gasteiger partial charge in [-0.25, -0.2) is 0 Å². The Kier molecular flexibility index (Phi) is 2.52. The molecule has 1 N–H and O–H groups in total. The highest BCUT2D eigenvalue weighted by Crippen LogP contribution is 2.48. The molecule has 0 saturated heterocycles. The van der Waals surface area contributed by atoms with Gasteiger partial charge >= 0.3 is 0 Å². The van der Waals surface area contributed by atoms with E-state index >= 15 is 0 Å². The summed E-state index contributed by atoms with van der Waals surface area (Å²) in [6.07, 6.45) is 6.34. The van der Waals surface area contributed by atoms with Gasteiger partial charge in [-0.15, -0.1) is 0 Å². The summed E-state index contributed by atoms with van der Waals surface area (Å²) in [5.74, 6) is 0. The largest absolute Gasteiger partial charge is 0.381 e. The lowest BCUT2D eigenvalue weighted by atomic mass is 10.0. The number of nitrogens with one attached hydrogen (secondary N) is 1. The summed E-state index contributed by atoms with van der Waals surface area (Å²) in [6.45, 7) is 4.57. The average molecular weight is 255 g/mol. The van der Waals surface area contributed by atoms with Crippen molar-refractivity contribution in [2.75, 3.05) is 5.32 Å². The SMILES string of the molecule is CC(Nc1cncc(Br)c1)C1(C)CC1. The maximum atomic E-state index is 4.13. The van der Waals surface area contributed by atoms with Gasteiger partial charge in [0.25, 0.3) is 0 Å². The molecule has 3 heteroatoms. The highest BCUT2D eigenvalue weighted by Gasteiger charge is 2.42. The van der Waals surface area contributed by atoms with Crippen LogP contribution in [0.3, 0.4) is 0 Å². The lowest BCUT2D eigenvalue weighted by Crippen LogP contribution is -2.24. The van der Waals surface area contributed by atoms with Gasteiger partial charge in [0.05, 0.1) is 11.9 Å². The van der Waals surface area contributed by atoms with Gasteiger partial charge in [-0.1, -0.05) is 6.92 Å². The summed E-state index contributed by atoms with van der Waals surface area (Å²) in [6, 6.07) is 2.59. The molecule has 0 aromatic carbocycles. The molecule has 1 aliphatic carbocycles. The lowest BCUT2D eigenvalue weighted by molar-refractivity contribution is 0.493. The maximum absolute atomic E-state index is 4.13. The number of hydrogen-bond donors (Lipinski definition) is 1. The van der Waals surface area contributed by atoms with Crippen LogP contribution in [0.5, 0.6) is 0 Å². The van der Waals surface area contributed by atoms with Crippen LogP contribution in [-0.4, -0.2) is 11.0 Å². The van der Waals surface area contributed by atoms with Crippen molar-refractivity contribution >= 4 is 21.6 Å². The van der Waals surface area contributed by atoms with Crippen molar-refractivity contribution in [1.29, 1.82) is 0 Å². The first kappa shape index (κ1) is 9.97. The van der Waals surface area contributed by atoms with E-state index in [1.54, 1.807) is 6.20 Å². The molecule has 1 aliphatic rings. The first-order valence-corrected chi connectivity index (χ1v) is 5.76. The van der Waals surface area contributed by atoms with Gasteiger partial charge in [0, 0.05) is 16.7 Å². The zero-order valence-electron chi connectivity index (χ0n) is 8.55. The van der Waals surface area contributed by atoms with Gasteiger partial charge in [-0.05, 0) is 47.2 Å². The Hall–Kier alpha value is -0.570. The van der Waals surface area contributed by atoms with Crippen LogP contribution in [0.25, 0.3) is 0 Å². The van der Waals surface area contributed by atoms with E-state index in [0.29, 0.717) is 11.5 Å². The number of pyridine rings is 1. The van der Waals surface area contributed by atoms with Crippen LogP contribution in [0.2, 0.25) is 0 Å². The topological polar surface area (TPSA) is 24.9 Å². The average Bonchev–Trinajstić information content (AvgIpc) is 2.85. The fourth-order valence-corrected chi connectivity index (χ4v) is 1.91. The number of aromatic nitrogens is 1. The Morgan fingerprint density at radius 1 is 1.50 bits per heavy atom. The third-order valence-corrected chi connectivity index (χ3v) is 3.61. The molecule has 76 valence electrons. The Bertz CT molecular complexity index is 334. The molecule has 0 radical (unpaired) electrons. The van der Waals surface area contributed by atoms with Crippen molar-refractivity contribution in [2.45, 2.75) is 32.7 Å². The van der Waals surface area contributed by atoms with Crippen LogP contribution in [0.4, 0.5) is 5.69 Å². The van der Waals surface area contributed by atoms with Gasteiger partial charge in [0.2, 0.25) is 0 Å². The van der Waals surface area contributed by atoms with Gasteiger partial charge in [0.1, 0.15) is 0 Å². The third-order valence-electron chi connectivity index (χ3n) is 3.17. The second kappa shape index (κ2) is 3.54. The molecule has 1 saturated carbocycles. The molecule has 2 rings (SSSR count). The van der Waals surface area contributed by atoms with Crippen LogP contribution < -0.4 is 5.32 Å². The molecule has 0 amide bonds. The van der Waals surface area contributed by atoms with E-state index in [2.05, 4.69) is 46.1 Å². The monoisotopic (exact) mass is 254 g/mol. The Morgan fingerprint density at radius 2 is 2.21 bits per heavy atom. The summed E-state index contributed by atoms with van der Waals surface area (Å²) in [5, 5.41) is 3.49. The number of anilines is 1. The van der Waals surface area contributed by atoms with E-state index in [0.717, 1.165) is 10.2 Å². The molecular formula is C11H15BrN2. The van der Waals surface area contributed by atoms with Crippen molar-refractivity contribution in [2.24, 2.45) is 5.41 Å². The van der Waals surface area contributed by atoms with Crippen LogP contribution in [0.15, 0.2) is 22.9 Å². The molecular weight excluding hydrogens is 240 g/mol. The van der Waals surface area contributed by atoms with Crippen molar-refractivity contribution in [1.82, 2.24) is 4.98 Å². The zero-order chi connectivity index (χ0) is 10.2. The molecule has 1 aromatic rings. The predicted octanol–water partition coefficient (Wildman–Crippen LogP) is 3.44. The van der Waals surface area contributed by atoms with Crippen LogP contribution >= 0.6 is 15.9 Å². The smallest absolute Gasteiger partial charge is 0.0540 e. The highest BCUT2D eigenvalue weighted by molar-refractivity contribution is 9.10. The molecule has 1 unspecified atom stereocenters. The number of rotatable bonds is 3. The molecule has 1 heterocycles. The van der Waals surface area contributed by atoms with Crippen molar-refractivity contribution < 1.29 is 0 Å². The molecule has 14 heavy (non-hydrogen) atoms. The van der Waals surface area contributed by atoms with Crippen LogP contribution in [-0.2, 0) is 0 Å². The van der Waals surface area contributed by atoms with Gasteiger partial charge < -0.3 is 5.32 Å². The van der Waals surface area contributed by atoms with E-state index < -0.39 is 0 Å². The predicted molar refractivity (Wildman–Crippen MR) is 62.4 cm³/mol. The van der Waals surface area contributed by atoms with Crippen molar-refractivity contribution in [3.05, 3.63) is 22.9 Å². The summed E-state index contributed by atoms with van der Waals surface area (Å²) < 4.78 is 1.02. The Morgan fingerprint density at radius 3 is 2.79 bits per heavy atom. The fourth-order valence-electron chi connectivity index (χ4n) is 1.55. The highest BCUT2D eigenvalue weighted by atomic mass is 79.9. The van der Waals surface area contributed by atoms with E-state index in [1.807, 2.05) is 6.20 Å². The van der Waals surface area contributed by atoms with Gasteiger partial charge in [0.15, 0.2) is 0 Å². The molecule has 0 aliphatic heterocycles. The summed E-state index contributed by atoms with van der Waals surface area (Å²) in [4.78, 5) is 4.13. The van der Waals surface area contributed by atoms with Gasteiger partial charge in [-0.3, -0.25) is 4.98 Å². The zero-order valence-corrected chi connectivity index (χ0v) is 10.1. The second-order valence-electron chi connectivity index (χ2n) is 4.41. The Labute approximate surface area is 93.3 Å². The number of halogens is 1. The lowest BCUT2D eigenvalue weighted by Gasteiger charge is -2.21. The quantitative estimate of drug-likeness (QED) is 0.894. The van der Waals surface area contributed by atoms with E-state index in [4.69, 9.17) is 0 Å². The molecule has 0 spiro atoms.